The predicted molar refractivity (Wildman–Crippen MR) is 159 cm³/mol. The Morgan fingerprint density at radius 1 is 0.950 bits per heavy atom. The van der Waals surface area contributed by atoms with Crippen molar-refractivity contribution < 1.29 is 9.66 Å². The molecule has 0 aliphatic carbocycles. The molecule has 2 aliphatic heterocycles. The second kappa shape index (κ2) is 10.9. The summed E-state index contributed by atoms with van der Waals surface area (Å²) >= 11 is 12.5. The number of ether oxygens (including phenoxy) is 1. The molecule has 204 valence electrons. The average molecular weight is 576 g/mol. The average Bonchev–Trinajstić information content (AvgIpc) is 3.22. The third-order valence-electron chi connectivity index (χ3n) is 7.53. The second-order valence-corrected chi connectivity index (χ2v) is 10.7. The highest BCUT2D eigenvalue weighted by Crippen LogP contribution is 2.44. The van der Waals surface area contributed by atoms with Crippen LogP contribution in [0.3, 0.4) is 0 Å². The lowest BCUT2D eigenvalue weighted by atomic mass is 9.86. The molecule has 6 rings (SSSR count). The maximum absolute atomic E-state index is 12.2. The van der Waals surface area contributed by atoms with Gasteiger partial charge in [-0.15, -0.1) is 0 Å². The van der Waals surface area contributed by atoms with E-state index < -0.39 is 5.92 Å². The highest BCUT2D eigenvalue weighted by molar-refractivity contribution is 6.31. The van der Waals surface area contributed by atoms with E-state index in [-0.39, 0.29) is 16.5 Å². The summed E-state index contributed by atoms with van der Waals surface area (Å²) in [6.45, 7) is 3.54. The smallest absolute Gasteiger partial charge is 0.317 e. The summed E-state index contributed by atoms with van der Waals surface area (Å²) in [5.74, 6) is 0.0569. The molecule has 1 atom stereocenters. The number of nitrogens with zero attached hydrogens (tertiary/aromatic N) is 4. The van der Waals surface area contributed by atoms with Gasteiger partial charge in [0.05, 0.1) is 10.4 Å². The molecule has 1 unspecified atom stereocenters. The quantitative estimate of drug-likeness (QED) is 0.216. The van der Waals surface area contributed by atoms with Gasteiger partial charge < -0.3 is 19.9 Å². The van der Waals surface area contributed by atoms with Crippen LogP contribution in [0.2, 0.25) is 10.0 Å². The standard InChI is InChI=1S/C30H27Cl2N5O3/c1-33-30-29(37(38)39)28(24-17-20(31)6-10-27(24)40-30)19-3-7-22(8-4-19)35-13-2-14-36(16-15-35)26-11-12-34-25-18-21(32)5-9-23(25)26/h3-12,17-18,28,33H,2,13-16H2,1H3. The van der Waals surface area contributed by atoms with Crippen molar-refractivity contribution in [3.8, 4) is 5.75 Å². The lowest BCUT2D eigenvalue weighted by molar-refractivity contribution is -0.432. The third kappa shape index (κ3) is 4.89. The van der Waals surface area contributed by atoms with Crippen LogP contribution in [-0.2, 0) is 0 Å². The maximum atomic E-state index is 12.2. The molecule has 2 aliphatic rings. The number of fused-ring (bicyclic) bond motifs is 2. The van der Waals surface area contributed by atoms with Crippen molar-refractivity contribution in [2.75, 3.05) is 43.0 Å². The predicted octanol–water partition coefficient (Wildman–Crippen LogP) is 6.45. The number of pyridine rings is 1. The van der Waals surface area contributed by atoms with E-state index in [1.54, 1.807) is 25.2 Å². The zero-order chi connectivity index (χ0) is 27.8. The van der Waals surface area contributed by atoms with E-state index in [2.05, 4.69) is 26.2 Å². The Balaban J connectivity index is 1.26. The van der Waals surface area contributed by atoms with Crippen molar-refractivity contribution >= 4 is 45.5 Å². The number of nitro groups is 1. The topological polar surface area (TPSA) is 83.8 Å². The summed E-state index contributed by atoms with van der Waals surface area (Å²) < 4.78 is 5.82. The molecule has 40 heavy (non-hydrogen) atoms. The molecule has 1 fully saturated rings. The molecule has 0 bridgehead atoms. The number of benzene rings is 3. The number of hydrogen-bond acceptors (Lipinski definition) is 7. The molecule has 3 heterocycles. The van der Waals surface area contributed by atoms with Gasteiger partial charge >= 0.3 is 5.70 Å². The molecule has 0 amide bonds. The molecule has 0 spiro atoms. The van der Waals surface area contributed by atoms with Crippen LogP contribution in [0.15, 0.2) is 84.5 Å². The van der Waals surface area contributed by atoms with Crippen LogP contribution in [0.25, 0.3) is 10.9 Å². The molecule has 10 heteroatoms. The minimum absolute atomic E-state index is 0.0405. The van der Waals surface area contributed by atoms with Gasteiger partial charge in [0, 0.05) is 71.8 Å². The van der Waals surface area contributed by atoms with Gasteiger partial charge in [-0.3, -0.25) is 15.1 Å². The first-order valence-electron chi connectivity index (χ1n) is 13.1. The van der Waals surface area contributed by atoms with Crippen LogP contribution in [0.1, 0.15) is 23.5 Å². The van der Waals surface area contributed by atoms with Gasteiger partial charge in [-0.1, -0.05) is 35.3 Å². The number of allylic oxidation sites excluding steroid dienone is 1. The first-order chi connectivity index (χ1) is 19.4. The summed E-state index contributed by atoms with van der Waals surface area (Å²) in [6.07, 6.45) is 2.83. The van der Waals surface area contributed by atoms with E-state index in [9.17, 15) is 10.1 Å². The Hall–Kier alpha value is -4.01. The third-order valence-corrected chi connectivity index (χ3v) is 8.00. The Kier molecular flexibility index (Phi) is 7.12. The minimum atomic E-state index is -0.623. The first-order valence-corrected chi connectivity index (χ1v) is 13.9. The second-order valence-electron chi connectivity index (χ2n) is 9.85. The van der Waals surface area contributed by atoms with Crippen molar-refractivity contribution in [2.24, 2.45) is 0 Å². The molecule has 4 aromatic rings. The van der Waals surface area contributed by atoms with Gasteiger partial charge in [0.15, 0.2) is 0 Å². The summed E-state index contributed by atoms with van der Waals surface area (Å²) in [4.78, 5) is 21.0. The van der Waals surface area contributed by atoms with E-state index in [1.807, 2.05) is 48.7 Å². The molecule has 0 saturated carbocycles. The van der Waals surface area contributed by atoms with Crippen LogP contribution in [0.4, 0.5) is 11.4 Å². The lowest BCUT2D eigenvalue weighted by Gasteiger charge is -2.27. The molecule has 1 aromatic heterocycles. The highest BCUT2D eigenvalue weighted by atomic mass is 35.5. The molecule has 0 radical (unpaired) electrons. The van der Waals surface area contributed by atoms with Crippen molar-refractivity contribution in [1.29, 1.82) is 0 Å². The molecule has 8 nitrogen and oxygen atoms in total. The summed E-state index contributed by atoms with van der Waals surface area (Å²) in [7, 11) is 1.62. The van der Waals surface area contributed by atoms with E-state index in [1.165, 1.54) is 0 Å². The molecular weight excluding hydrogens is 549 g/mol. The molecular formula is C30H27Cl2N5O3. The van der Waals surface area contributed by atoms with Crippen LogP contribution < -0.4 is 19.9 Å². The zero-order valence-electron chi connectivity index (χ0n) is 21.8. The largest absolute Gasteiger partial charge is 0.435 e. The Morgan fingerprint density at radius 3 is 2.45 bits per heavy atom. The van der Waals surface area contributed by atoms with Crippen molar-refractivity contribution in [3.63, 3.8) is 0 Å². The van der Waals surface area contributed by atoms with Gasteiger partial charge in [-0.25, -0.2) is 0 Å². The van der Waals surface area contributed by atoms with Gasteiger partial charge in [-0.2, -0.15) is 0 Å². The van der Waals surface area contributed by atoms with Crippen LogP contribution in [-0.4, -0.2) is 43.1 Å². The maximum Gasteiger partial charge on any atom is 0.317 e. The van der Waals surface area contributed by atoms with Crippen LogP contribution >= 0.6 is 23.2 Å². The van der Waals surface area contributed by atoms with Gasteiger partial charge in [0.2, 0.25) is 0 Å². The molecule has 1 N–H and O–H groups in total. The van der Waals surface area contributed by atoms with Crippen molar-refractivity contribution in [3.05, 3.63) is 116 Å². The molecule has 1 saturated heterocycles. The minimum Gasteiger partial charge on any atom is -0.435 e. The fourth-order valence-corrected chi connectivity index (χ4v) is 6.01. The number of halogens is 2. The monoisotopic (exact) mass is 575 g/mol. The fourth-order valence-electron chi connectivity index (χ4n) is 5.66. The summed E-state index contributed by atoms with van der Waals surface area (Å²) in [6, 6.07) is 21.1. The zero-order valence-corrected chi connectivity index (χ0v) is 23.3. The normalized spacial score (nSPS) is 17.3. The van der Waals surface area contributed by atoms with E-state index >= 15 is 0 Å². The summed E-state index contributed by atoms with van der Waals surface area (Å²) in [5, 5.41) is 17.3. The lowest BCUT2D eigenvalue weighted by Crippen LogP contribution is -2.31. The van der Waals surface area contributed by atoms with Gasteiger partial charge in [-0.05, 0) is 66.6 Å². The number of nitrogens with one attached hydrogen (secondary N) is 1. The van der Waals surface area contributed by atoms with Crippen LogP contribution in [0, 0.1) is 10.1 Å². The Labute approximate surface area is 241 Å². The highest BCUT2D eigenvalue weighted by Gasteiger charge is 2.39. The van der Waals surface area contributed by atoms with E-state index in [0.29, 0.717) is 21.4 Å². The van der Waals surface area contributed by atoms with E-state index in [4.69, 9.17) is 27.9 Å². The van der Waals surface area contributed by atoms with Crippen molar-refractivity contribution in [1.82, 2.24) is 10.3 Å². The number of rotatable bonds is 5. The van der Waals surface area contributed by atoms with Gasteiger partial charge in [0.25, 0.3) is 5.88 Å². The summed E-state index contributed by atoms with van der Waals surface area (Å²) in [5.41, 5.74) is 4.56. The number of anilines is 2. The first kappa shape index (κ1) is 26.2. The van der Waals surface area contributed by atoms with Crippen molar-refractivity contribution in [2.45, 2.75) is 12.3 Å². The Bertz CT molecular complexity index is 1630. The number of aromatic nitrogens is 1. The molecule has 3 aromatic carbocycles. The SMILES string of the molecule is CNC1=C([N+](=O)[O-])C(c2ccc(N3CCCN(c4ccnc5cc(Cl)ccc45)CC3)cc2)c2cc(Cl)ccc2O1. The Morgan fingerprint density at radius 2 is 1.68 bits per heavy atom. The van der Waals surface area contributed by atoms with E-state index in [0.717, 1.165) is 60.4 Å². The fraction of sp³-hybridized carbons (Fsp3) is 0.233. The van der Waals surface area contributed by atoms with Gasteiger partial charge in [0.1, 0.15) is 11.7 Å². The number of hydrogen-bond donors (Lipinski definition) is 1. The van der Waals surface area contributed by atoms with Crippen LogP contribution in [0.5, 0.6) is 5.75 Å².